The van der Waals surface area contributed by atoms with Crippen molar-refractivity contribution in [3.8, 4) is 0 Å². The lowest BCUT2D eigenvalue weighted by Gasteiger charge is -2.01. The van der Waals surface area contributed by atoms with Crippen LogP contribution in [0.4, 0.5) is 0 Å². The Labute approximate surface area is 71.6 Å². The normalized spacial score (nSPS) is 10.2. The molecule has 0 radical (unpaired) electrons. The van der Waals surface area contributed by atoms with E-state index in [-0.39, 0.29) is 6.61 Å². The molecule has 0 aliphatic rings. The molecule has 0 aromatic carbocycles. The summed E-state index contributed by atoms with van der Waals surface area (Å²) in [7, 11) is 0. The minimum atomic E-state index is 0.0639. The number of carbonyl (C=O) groups excluding carboxylic acids is 1. The zero-order chi connectivity index (χ0) is 9.14. The van der Waals surface area contributed by atoms with Crippen molar-refractivity contribution in [2.24, 2.45) is 0 Å². The number of rotatable bonds is 3. The van der Waals surface area contributed by atoms with E-state index in [4.69, 9.17) is 5.11 Å². The van der Waals surface area contributed by atoms with E-state index in [1.54, 1.807) is 4.57 Å². The van der Waals surface area contributed by atoms with Gasteiger partial charge < -0.3 is 9.67 Å². The van der Waals surface area contributed by atoms with Gasteiger partial charge in [-0.3, -0.25) is 4.79 Å². The molecule has 0 atom stereocenters. The van der Waals surface area contributed by atoms with Crippen molar-refractivity contribution in [3.05, 3.63) is 23.0 Å². The van der Waals surface area contributed by atoms with Gasteiger partial charge >= 0.3 is 0 Å². The summed E-state index contributed by atoms with van der Waals surface area (Å²) in [6.45, 7) is 4.42. The number of carbonyl (C=O) groups is 1. The average Bonchev–Trinajstić information content (AvgIpc) is 2.29. The molecular formula is C9H13NO2. The van der Waals surface area contributed by atoms with Crippen molar-refractivity contribution in [1.29, 1.82) is 0 Å². The largest absolute Gasteiger partial charge is 0.395 e. The standard InChI is InChI=1S/C9H13NO2/c1-7-5-10(3-4-11)9(6-12)8(7)2/h5-6,11H,3-4H2,1-2H3. The highest BCUT2D eigenvalue weighted by Gasteiger charge is 2.07. The van der Waals surface area contributed by atoms with Crippen LogP contribution in [0.15, 0.2) is 6.20 Å². The molecular weight excluding hydrogens is 154 g/mol. The first-order valence-corrected chi connectivity index (χ1v) is 3.93. The van der Waals surface area contributed by atoms with Crippen molar-refractivity contribution < 1.29 is 9.90 Å². The van der Waals surface area contributed by atoms with Gasteiger partial charge in [0.05, 0.1) is 12.3 Å². The van der Waals surface area contributed by atoms with Gasteiger partial charge in [-0.05, 0) is 25.0 Å². The van der Waals surface area contributed by atoms with Crippen LogP contribution < -0.4 is 0 Å². The van der Waals surface area contributed by atoms with Crippen LogP contribution in [-0.4, -0.2) is 22.6 Å². The SMILES string of the molecule is Cc1cn(CCO)c(C=O)c1C. The van der Waals surface area contributed by atoms with Crippen molar-refractivity contribution in [1.82, 2.24) is 4.57 Å². The summed E-state index contributed by atoms with van der Waals surface area (Å²) in [5.41, 5.74) is 2.76. The first-order chi connectivity index (χ1) is 5.70. The Morgan fingerprint density at radius 1 is 1.58 bits per heavy atom. The molecule has 0 fully saturated rings. The van der Waals surface area contributed by atoms with Gasteiger partial charge in [-0.15, -0.1) is 0 Å². The molecule has 0 bridgehead atoms. The fraction of sp³-hybridized carbons (Fsp3) is 0.444. The fourth-order valence-corrected chi connectivity index (χ4v) is 1.27. The minimum absolute atomic E-state index is 0.0639. The van der Waals surface area contributed by atoms with E-state index in [0.29, 0.717) is 12.2 Å². The maximum absolute atomic E-state index is 10.6. The number of hydrogen-bond acceptors (Lipinski definition) is 2. The third kappa shape index (κ3) is 1.41. The van der Waals surface area contributed by atoms with E-state index >= 15 is 0 Å². The lowest BCUT2D eigenvalue weighted by atomic mass is 10.2. The molecule has 0 aliphatic carbocycles. The summed E-state index contributed by atoms with van der Waals surface area (Å²) in [5, 5.41) is 8.70. The fourth-order valence-electron chi connectivity index (χ4n) is 1.27. The van der Waals surface area contributed by atoms with Crippen LogP contribution in [0.5, 0.6) is 0 Å². The molecule has 0 spiro atoms. The van der Waals surface area contributed by atoms with Crippen LogP contribution in [0.2, 0.25) is 0 Å². The third-order valence-corrected chi connectivity index (χ3v) is 2.09. The molecule has 0 saturated heterocycles. The van der Waals surface area contributed by atoms with Gasteiger partial charge in [0, 0.05) is 12.7 Å². The van der Waals surface area contributed by atoms with Crippen LogP contribution in [0.1, 0.15) is 21.6 Å². The van der Waals surface area contributed by atoms with Gasteiger partial charge in [0.2, 0.25) is 0 Å². The van der Waals surface area contributed by atoms with Crippen molar-refractivity contribution in [2.45, 2.75) is 20.4 Å². The molecule has 3 nitrogen and oxygen atoms in total. The number of aryl methyl sites for hydroxylation is 1. The molecule has 1 N–H and O–H groups in total. The predicted octanol–water partition coefficient (Wildman–Crippen LogP) is 0.910. The zero-order valence-electron chi connectivity index (χ0n) is 7.37. The molecule has 12 heavy (non-hydrogen) atoms. The van der Waals surface area contributed by atoms with Crippen molar-refractivity contribution >= 4 is 6.29 Å². The van der Waals surface area contributed by atoms with Crippen molar-refractivity contribution in [2.75, 3.05) is 6.61 Å². The Hall–Kier alpha value is -1.09. The molecule has 0 aliphatic heterocycles. The summed E-state index contributed by atoms with van der Waals surface area (Å²) < 4.78 is 1.78. The Kier molecular flexibility index (Phi) is 2.65. The number of aromatic nitrogens is 1. The second-order valence-electron chi connectivity index (χ2n) is 2.86. The molecule has 0 amide bonds. The van der Waals surface area contributed by atoms with Gasteiger partial charge in [-0.25, -0.2) is 0 Å². The second-order valence-corrected chi connectivity index (χ2v) is 2.86. The maximum atomic E-state index is 10.6. The number of aldehydes is 1. The highest BCUT2D eigenvalue weighted by Crippen LogP contribution is 2.13. The van der Waals surface area contributed by atoms with Crippen LogP contribution in [-0.2, 0) is 6.54 Å². The number of nitrogens with zero attached hydrogens (tertiary/aromatic N) is 1. The van der Waals surface area contributed by atoms with E-state index in [1.165, 1.54) is 0 Å². The van der Waals surface area contributed by atoms with Gasteiger partial charge in [0.1, 0.15) is 0 Å². The van der Waals surface area contributed by atoms with Crippen LogP contribution in [0.25, 0.3) is 0 Å². The maximum Gasteiger partial charge on any atom is 0.166 e. The monoisotopic (exact) mass is 167 g/mol. The molecule has 66 valence electrons. The molecule has 0 unspecified atom stereocenters. The minimum Gasteiger partial charge on any atom is -0.395 e. The topological polar surface area (TPSA) is 42.2 Å². The average molecular weight is 167 g/mol. The quantitative estimate of drug-likeness (QED) is 0.680. The lowest BCUT2D eigenvalue weighted by Crippen LogP contribution is -2.04. The van der Waals surface area contributed by atoms with Crippen LogP contribution in [0.3, 0.4) is 0 Å². The first kappa shape index (κ1) is 9.00. The molecule has 1 rings (SSSR count). The highest BCUT2D eigenvalue weighted by atomic mass is 16.3. The molecule has 1 heterocycles. The Morgan fingerprint density at radius 3 is 2.75 bits per heavy atom. The Morgan fingerprint density at radius 2 is 2.25 bits per heavy atom. The predicted molar refractivity (Wildman–Crippen MR) is 46.4 cm³/mol. The van der Waals surface area contributed by atoms with E-state index in [2.05, 4.69) is 0 Å². The number of aliphatic hydroxyl groups excluding tert-OH is 1. The summed E-state index contributed by atoms with van der Waals surface area (Å²) >= 11 is 0. The van der Waals surface area contributed by atoms with E-state index < -0.39 is 0 Å². The summed E-state index contributed by atoms with van der Waals surface area (Å²) in [4.78, 5) is 10.6. The summed E-state index contributed by atoms with van der Waals surface area (Å²) in [5.74, 6) is 0. The van der Waals surface area contributed by atoms with Gasteiger partial charge in [-0.2, -0.15) is 0 Å². The third-order valence-electron chi connectivity index (χ3n) is 2.09. The van der Waals surface area contributed by atoms with Crippen LogP contribution >= 0.6 is 0 Å². The summed E-state index contributed by atoms with van der Waals surface area (Å²) in [6, 6.07) is 0. The van der Waals surface area contributed by atoms with E-state index in [0.717, 1.165) is 17.4 Å². The summed E-state index contributed by atoms with van der Waals surface area (Å²) in [6.07, 6.45) is 2.72. The highest BCUT2D eigenvalue weighted by molar-refractivity contribution is 5.75. The molecule has 3 heteroatoms. The molecule has 0 saturated carbocycles. The molecule has 1 aromatic heterocycles. The van der Waals surface area contributed by atoms with Gasteiger partial charge in [0.15, 0.2) is 6.29 Å². The van der Waals surface area contributed by atoms with Gasteiger partial charge in [0.25, 0.3) is 0 Å². The number of hydrogen-bond donors (Lipinski definition) is 1. The lowest BCUT2D eigenvalue weighted by molar-refractivity contribution is 0.111. The molecule has 1 aromatic rings. The van der Waals surface area contributed by atoms with Gasteiger partial charge in [-0.1, -0.05) is 0 Å². The second kappa shape index (κ2) is 3.54. The first-order valence-electron chi connectivity index (χ1n) is 3.93. The van der Waals surface area contributed by atoms with Crippen molar-refractivity contribution in [3.63, 3.8) is 0 Å². The number of aliphatic hydroxyl groups is 1. The van der Waals surface area contributed by atoms with Crippen LogP contribution in [0, 0.1) is 13.8 Å². The Bertz CT molecular complexity index is 289. The zero-order valence-corrected chi connectivity index (χ0v) is 7.37. The Balaban J connectivity index is 3.10. The smallest absolute Gasteiger partial charge is 0.166 e. The van der Waals surface area contributed by atoms with E-state index in [1.807, 2.05) is 20.0 Å². The van der Waals surface area contributed by atoms with E-state index in [9.17, 15) is 4.79 Å².